The minimum atomic E-state index is -0.0475. The van der Waals surface area contributed by atoms with Crippen LogP contribution in [0.3, 0.4) is 0 Å². The van der Waals surface area contributed by atoms with Gasteiger partial charge in [0, 0.05) is 6.54 Å². The Kier molecular flexibility index (Phi) is 3.99. The second-order valence-electron chi connectivity index (χ2n) is 5.93. The number of alkyl halides is 1. The lowest BCUT2D eigenvalue weighted by molar-refractivity contribution is 0.205. The number of nitrogens with zero attached hydrogens (tertiary/aromatic N) is 3. The van der Waals surface area contributed by atoms with Crippen molar-refractivity contribution >= 4 is 22.6 Å². The molecule has 2 aromatic rings. The summed E-state index contributed by atoms with van der Waals surface area (Å²) >= 11 is 6.33. The van der Waals surface area contributed by atoms with Crippen molar-refractivity contribution in [3.8, 4) is 0 Å². The van der Waals surface area contributed by atoms with Gasteiger partial charge in [0.1, 0.15) is 5.82 Å². The zero-order valence-corrected chi connectivity index (χ0v) is 13.0. The number of piperidine rings is 1. The van der Waals surface area contributed by atoms with Gasteiger partial charge in [-0.1, -0.05) is 12.1 Å². The average Bonchev–Trinajstić information content (AvgIpc) is 2.81. The summed E-state index contributed by atoms with van der Waals surface area (Å²) in [7, 11) is 2.20. The molecule has 1 aromatic carbocycles. The van der Waals surface area contributed by atoms with Gasteiger partial charge in [0.15, 0.2) is 0 Å². The predicted molar refractivity (Wildman–Crippen MR) is 84.2 cm³/mol. The normalized spacial score (nSPS) is 19.6. The Bertz CT molecular complexity index is 582. The molecular formula is C16H22ClN3. The predicted octanol–water partition coefficient (Wildman–Crippen LogP) is 3.68. The first-order valence-electron chi connectivity index (χ1n) is 7.43. The molecule has 1 aliphatic heterocycles. The number of hydrogen-bond donors (Lipinski definition) is 0. The number of rotatable bonds is 3. The van der Waals surface area contributed by atoms with E-state index in [-0.39, 0.29) is 5.38 Å². The first kappa shape index (κ1) is 13.9. The highest BCUT2D eigenvalue weighted by molar-refractivity contribution is 6.20. The van der Waals surface area contributed by atoms with Crippen LogP contribution in [0.5, 0.6) is 0 Å². The van der Waals surface area contributed by atoms with Crippen molar-refractivity contribution in [3.05, 3.63) is 30.1 Å². The summed E-state index contributed by atoms with van der Waals surface area (Å²) in [5, 5.41) is -0.0475. The van der Waals surface area contributed by atoms with E-state index in [4.69, 9.17) is 16.6 Å². The van der Waals surface area contributed by atoms with Crippen LogP contribution in [0.25, 0.3) is 11.0 Å². The van der Waals surface area contributed by atoms with Crippen LogP contribution in [-0.2, 0) is 6.54 Å². The maximum atomic E-state index is 6.33. The molecule has 1 atom stereocenters. The standard InChI is InChI=1S/C16H22ClN3/c1-12(17)16-18-14-5-3-4-6-15(14)20(16)11-13-7-9-19(2)10-8-13/h3-6,12-13H,7-11H2,1-2H3. The van der Waals surface area contributed by atoms with Gasteiger partial charge in [0.25, 0.3) is 0 Å². The molecule has 0 saturated carbocycles. The number of halogens is 1. The highest BCUT2D eigenvalue weighted by atomic mass is 35.5. The quantitative estimate of drug-likeness (QED) is 0.805. The average molecular weight is 292 g/mol. The highest BCUT2D eigenvalue weighted by Crippen LogP contribution is 2.27. The zero-order valence-electron chi connectivity index (χ0n) is 12.2. The third-order valence-corrected chi connectivity index (χ3v) is 4.51. The lowest BCUT2D eigenvalue weighted by atomic mass is 9.97. The van der Waals surface area contributed by atoms with Crippen molar-refractivity contribution in [2.45, 2.75) is 31.7 Å². The fourth-order valence-electron chi connectivity index (χ4n) is 3.09. The third-order valence-electron chi connectivity index (χ3n) is 4.32. The van der Waals surface area contributed by atoms with Gasteiger partial charge in [-0.25, -0.2) is 4.98 Å². The maximum Gasteiger partial charge on any atom is 0.127 e. The van der Waals surface area contributed by atoms with Crippen molar-refractivity contribution in [1.82, 2.24) is 14.5 Å². The Balaban J connectivity index is 1.91. The van der Waals surface area contributed by atoms with Crippen molar-refractivity contribution in [2.24, 2.45) is 5.92 Å². The second kappa shape index (κ2) is 5.74. The molecule has 0 N–H and O–H groups in total. The van der Waals surface area contributed by atoms with Crippen LogP contribution in [-0.4, -0.2) is 34.6 Å². The summed E-state index contributed by atoms with van der Waals surface area (Å²) < 4.78 is 2.34. The van der Waals surface area contributed by atoms with Crippen LogP contribution in [0.1, 0.15) is 31.0 Å². The number of hydrogen-bond acceptors (Lipinski definition) is 2. The fourth-order valence-corrected chi connectivity index (χ4v) is 3.26. The van der Waals surface area contributed by atoms with E-state index in [1.54, 1.807) is 0 Å². The summed E-state index contributed by atoms with van der Waals surface area (Å²) in [4.78, 5) is 7.12. The first-order valence-corrected chi connectivity index (χ1v) is 7.86. The van der Waals surface area contributed by atoms with E-state index in [1.165, 1.54) is 31.4 Å². The lowest BCUT2D eigenvalue weighted by Gasteiger charge is -2.29. The van der Waals surface area contributed by atoms with Crippen molar-refractivity contribution in [1.29, 1.82) is 0 Å². The summed E-state index contributed by atoms with van der Waals surface area (Å²) in [6.07, 6.45) is 2.53. The van der Waals surface area contributed by atoms with Crippen LogP contribution in [0, 0.1) is 5.92 Å². The van der Waals surface area contributed by atoms with E-state index >= 15 is 0 Å². The molecule has 3 rings (SSSR count). The SMILES string of the molecule is CC(Cl)c1nc2ccccc2n1CC1CCN(C)CC1. The van der Waals surface area contributed by atoms with Crippen LogP contribution in [0.4, 0.5) is 0 Å². The van der Waals surface area contributed by atoms with Crippen LogP contribution >= 0.6 is 11.6 Å². The molecule has 0 aliphatic carbocycles. The molecule has 1 unspecified atom stereocenters. The van der Waals surface area contributed by atoms with Crippen LogP contribution in [0.2, 0.25) is 0 Å². The zero-order chi connectivity index (χ0) is 14.1. The topological polar surface area (TPSA) is 21.1 Å². The fraction of sp³-hybridized carbons (Fsp3) is 0.562. The molecule has 20 heavy (non-hydrogen) atoms. The largest absolute Gasteiger partial charge is 0.326 e. The summed E-state index contributed by atoms with van der Waals surface area (Å²) in [6, 6.07) is 8.35. The van der Waals surface area contributed by atoms with Crippen LogP contribution in [0.15, 0.2) is 24.3 Å². The minimum absolute atomic E-state index is 0.0475. The lowest BCUT2D eigenvalue weighted by Crippen LogP contribution is -2.32. The molecule has 0 radical (unpaired) electrons. The third kappa shape index (κ3) is 2.70. The summed E-state index contributed by atoms with van der Waals surface area (Å²) in [6.45, 7) is 5.45. The van der Waals surface area contributed by atoms with Gasteiger partial charge in [-0.05, 0) is 58.0 Å². The summed E-state index contributed by atoms with van der Waals surface area (Å²) in [5.41, 5.74) is 2.27. The number of fused-ring (bicyclic) bond motifs is 1. The molecule has 1 fully saturated rings. The van der Waals surface area contributed by atoms with E-state index in [1.807, 2.05) is 13.0 Å². The molecule has 108 valence electrons. The van der Waals surface area contributed by atoms with E-state index in [9.17, 15) is 0 Å². The first-order chi connectivity index (χ1) is 9.65. The molecule has 4 heteroatoms. The molecule has 3 nitrogen and oxygen atoms in total. The molecule has 0 amide bonds. The molecule has 0 bridgehead atoms. The van der Waals surface area contributed by atoms with Crippen molar-refractivity contribution < 1.29 is 0 Å². The van der Waals surface area contributed by atoms with Gasteiger partial charge in [-0.2, -0.15) is 0 Å². The van der Waals surface area contributed by atoms with Crippen molar-refractivity contribution in [3.63, 3.8) is 0 Å². The van der Waals surface area contributed by atoms with E-state index in [2.05, 4.69) is 34.7 Å². The molecular weight excluding hydrogens is 270 g/mol. The van der Waals surface area contributed by atoms with E-state index < -0.39 is 0 Å². The number of benzene rings is 1. The smallest absolute Gasteiger partial charge is 0.127 e. The van der Waals surface area contributed by atoms with Gasteiger partial charge < -0.3 is 9.47 Å². The number of aromatic nitrogens is 2. The Labute approximate surface area is 125 Å². The Morgan fingerprint density at radius 3 is 2.70 bits per heavy atom. The number of imidazole rings is 1. The van der Waals surface area contributed by atoms with Gasteiger partial charge in [-0.3, -0.25) is 0 Å². The Morgan fingerprint density at radius 2 is 2.00 bits per heavy atom. The second-order valence-corrected chi connectivity index (χ2v) is 6.59. The van der Waals surface area contributed by atoms with Crippen molar-refractivity contribution in [2.75, 3.05) is 20.1 Å². The number of para-hydroxylation sites is 2. The highest BCUT2D eigenvalue weighted by Gasteiger charge is 2.21. The van der Waals surface area contributed by atoms with Gasteiger partial charge in [0.05, 0.1) is 16.4 Å². The van der Waals surface area contributed by atoms with Gasteiger partial charge in [0.2, 0.25) is 0 Å². The molecule has 1 saturated heterocycles. The molecule has 1 aromatic heterocycles. The number of likely N-dealkylation sites (tertiary alicyclic amines) is 1. The van der Waals surface area contributed by atoms with E-state index in [0.29, 0.717) is 0 Å². The maximum absolute atomic E-state index is 6.33. The molecule has 0 spiro atoms. The monoisotopic (exact) mass is 291 g/mol. The minimum Gasteiger partial charge on any atom is -0.326 e. The summed E-state index contributed by atoms with van der Waals surface area (Å²) in [5.74, 6) is 1.74. The van der Waals surface area contributed by atoms with E-state index in [0.717, 1.165) is 23.8 Å². The Hall–Kier alpha value is -1.06. The Morgan fingerprint density at radius 1 is 1.30 bits per heavy atom. The van der Waals surface area contributed by atoms with Gasteiger partial charge >= 0.3 is 0 Å². The van der Waals surface area contributed by atoms with Crippen LogP contribution < -0.4 is 0 Å². The van der Waals surface area contributed by atoms with Gasteiger partial charge in [-0.15, -0.1) is 11.6 Å². The molecule has 1 aliphatic rings. The molecule has 2 heterocycles.